The molecule has 1 aliphatic rings. The van der Waals surface area contributed by atoms with E-state index in [4.69, 9.17) is 5.84 Å². The molecule has 1 fully saturated rings. The van der Waals surface area contributed by atoms with E-state index in [1.54, 1.807) is 24.3 Å². The Morgan fingerprint density at radius 3 is 2.40 bits per heavy atom. The molecule has 4 heteroatoms. The zero-order valence-electron chi connectivity index (χ0n) is 10.9. The van der Waals surface area contributed by atoms with E-state index in [1.165, 1.54) is 17.1 Å². The van der Waals surface area contributed by atoms with Crippen LogP contribution < -0.4 is 5.84 Å². The average molecular weight is 270 g/mol. The predicted molar refractivity (Wildman–Crippen MR) is 75.2 cm³/mol. The fourth-order valence-electron chi connectivity index (χ4n) is 2.21. The number of rotatable bonds is 3. The van der Waals surface area contributed by atoms with Gasteiger partial charge in [-0.15, -0.1) is 0 Å². The van der Waals surface area contributed by atoms with E-state index in [0.29, 0.717) is 5.56 Å². The maximum absolute atomic E-state index is 13.0. The van der Waals surface area contributed by atoms with Crippen LogP contribution in [0.4, 0.5) is 4.39 Å². The number of hydrogen-bond acceptors (Lipinski definition) is 2. The molecule has 0 unspecified atom stereocenters. The Hall–Kier alpha value is -2.20. The first-order valence-electron chi connectivity index (χ1n) is 6.60. The molecule has 0 aliphatic heterocycles. The van der Waals surface area contributed by atoms with E-state index in [-0.39, 0.29) is 17.8 Å². The van der Waals surface area contributed by atoms with Crippen molar-refractivity contribution in [3.8, 4) is 11.1 Å². The SMILES string of the molecule is NN(C(=O)c1ccccc1-c1ccc(F)cc1)C1CC1. The smallest absolute Gasteiger partial charge is 0.268 e. The highest BCUT2D eigenvalue weighted by Gasteiger charge is 2.31. The van der Waals surface area contributed by atoms with Crippen LogP contribution in [-0.2, 0) is 0 Å². The van der Waals surface area contributed by atoms with Crippen molar-refractivity contribution in [2.45, 2.75) is 18.9 Å². The fourth-order valence-corrected chi connectivity index (χ4v) is 2.21. The molecule has 0 saturated heterocycles. The lowest BCUT2D eigenvalue weighted by atomic mass is 9.99. The van der Waals surface area contributed by atoms with Gasteiger partial charge in [-0.3, -0.25) is 9.80 Å². The lowest BCUT2D eigenvalue weighted by Crippen LogP contribution is -2.39. The third-order valence-electron chi connectivity index (χ3n) is 3.49. The normalized spacial score (nSPS) is 14.1. The van der Waals surface area contributed by atoms with Crippen LogP contribution in [0.5, 0.6) is 0 Å². The Morgan fingerprint density at radius 2 is 1.75 bits per heavy atom. The van der Waals surface area contributed by atoms with Gasteiger partial charge in [0.15, 0.2) is 0 Å². The third kappa shape index (κ3) is 2.42. The molecule has 102 valence electrons. The summed E-state index contributed by atoms with van der Waals surface area (Å²) in [5, 5.41) is 1.31. The number of carbonyl (C=O) groups excluding carboxylic acids is 1. The number of benzene rings is 2. The molecule has 0 spiro atoms. The van der Waals surface area contributed by atoms with Crippen LogP contribution in [-0.4, -0.2) is 17.0 Å². The molecular weight excluding hydrogens is 255 g/mol. The van der Waals surface area contributed by atoms with E-state index in [1.807, 2.05) is 12.1 Å². The number of nitrogens with zero attached hydrogens (tertiary/aromatic N) is 1. The van der Waals surface area contributed by atoms with Crippen LogP contribution in [0.3, 0.4) is 0 Å². The number of nitrogens with two attached hydrogens (primary N) is 1. The highest BCUT2D eigenvalue weighted by Crippen LogP contribution is 2.29. The molecule has 1 amide bonds. The average Bonchev–Trinajstić information content (AvgIpc) is 3.31. The van der Waals surface area contributed by atoms with Crippen molar-refractivity contribution in [1.82, 2.24) is 5.01 Å². The first kappa shape index (κ1) is 12.8. The molecule has 2 aromatic carbocycles. The van der Waals surface area contributed by atoms with Crippen LogP contribution in [0.15, 0.2) is 48.5 Å². The van der Waals surface area contributed by atoms with Gasteiger partial charge < -0.3 is 0 Å². The maximum Gasteiger partial charge on any atom is 0.268 e. The molecule has 0 aromatic heterocycles. The Kier molecular flexibility index (Phi) is 3.24. The maximum atomic E-state index is 13.0. The van der Waals surface area contributed by atoms with E-state index in [0.717, 1.165) is 24.0 Å². The van der Waals surface area contributed by atoms with Crippen molar-refractivity contribution in [3.63, 3.8) is 0 Å². The molecule has 0 heterocycles. The summed E-state index contributed by atoms with van der Waals surface area (Å²) in [5.41, 5.74) is 2.13. The second-order valence-electron chi connectivity index (χ2n) is 5.00. The number of hydrogen-bond donors (Lipinski definition) is 1. The van der Waals surface area contributed by atoms with Crippen molar-refractivity contribution in [2.24, 2.45) is 5.84 Å². The largest absolute Gasteiger partial charge is 0.273 e. The molecule has 1 saturated carbocycles. The topological polar surface area (TPSA) is 46.3 Å². The second-order valence-corrected chi connectivity index (χ2v) is 5.00. The van der Waals surface area contributed by atoms with Gasteiger partial charge in [0.25, 0.3) is 5.91 Å². The highest BCUT2D eigenvalue weighted by atomic mass is 19.1. The van der Waals surface area contributed by atoms with Gasteiger partial charge in [-0.2, -0.15) is 0 Å². The van der Waals surface area contributed by atoms with Gasteiger partial charge >= 0.3 is 0 Å². The summed E-state index contributed by atoms with van der Waals surface area (Å²) < 4.78 is 13.0. The van der Waals surface area contributed by atoms with E-state index in [2.05, 4.69) is 0 Å². The van der Waals surface area contributed by atoms with Gasteiger partial charge in [0, 0.05) is 11.6 Å². The van der Waals surface area contributed by atoms with Gasteiger partial charge in [-0.1, -0.05) is 30.3 Å². The summed E-state index contributed by atoms with van der Waals surface area (Å²) in [7, 11) is 0. The highest BCUT2D eigenvalue weighted by molar-refractivity contribution is 6.00. The summed E-state index contributed by atoms with van der Waals surface area (Å²) in [6, 6.07) is 13.5. The van der Waals surface area contributed by atoms with Gasteiger partial charge in [-0.25, -0.2) is 10.2 Å². The Balaban J connectivity index is 1.99. The Bertz CT molecular complexity index is 635. The zero-order chi connectivity index (χ0) is 14.1. The fraction of sp³-hybridized carbons (Fsp3) is 0.188. The van der Waals surface area contributed by atoms with Crippen LogP contribution in [0.2, 0.25) is 0 Å². The molecule has 3 nitrogen and oxygen atoms in total. The number of hydrazine groups is 1. The molecule has 1 aliphatic carbocycles. The second kappa shape index (κ2) is 5.06. The van der Waals surface area contributed by atoms with Crippen molar-refractivity contribution in [1.29, 1.82) is 0 Å². The molecule has 20 heavy (non-hydrogen) atoms. The summed E-state index contributed by atoms with van der Waals surface area (Å²) in [6.07, 6.45) is 1.92. The van der Waals surface area contributed by atoms with Gasteiger partial charge in [0.1, 0.15) is 5.82 Å². The molecule has 0 bridgehead atoms. The Morgan fingerprint density at radius 1 is 1.10 bits per heavy atom. The number of carbonyl (C=O) groups is 1. The van der Waals surface area contributed by atoms with Crippen LogP contribution in [0.1, 0.15) is 23.2 Å². The van der Waals surface area contributed by atoms with E-state index in [9.17, 15) is 9.18 Å². The summed E-state index contributed by atoms with van der Waals surface area (Å²) >= 11 is 0. The first-order chi connectivity index (χ1) is 9.66. The molecule has 0 atom stereocenters. The standard InChI is InChI=1S/C16H15FN2O/c17-12-7-5-11(6-8-12)14-3-1-2-4-15(14)16(20)19(18)13-9-10-13/h1-8,13H,9-10,18H2. The van der Waals surface area contributed by atoms with Crippen molar-refractivity contribution in [2.75, 3.05) is 0 Å². The quantitative estimate of drug-likeness (QED) is 0.529. The zero-order valence-corrected chi connectivity index (χ0v) is 10.9. The molecule has 0 radical (unpaired) electrons. The molecule has 2 N–H and O–H groups in total. The van der Waals surface area contributed by atoms with E-state index < -0.39 is 0 Å². The summed E-state index contributed by atoms with van der Waals surface area (Å²) in [5.74, 6) is 5.37. The molecule has 3 rings (SSSR count). The van der Waals surface area contributed by atoms with Crippen molar-refractivity contribution >= 4 is 5.91 Å². The molecule has 2 aromatic rings. The minimum atomic E-state index is -0.295. The third-order valence-corrected chi connectivity index (χ3v) is 3.49. The van der Waals surface area contributed by atoms with Crippen molar-refractivity contribution in [3.05, 3.63) is 59.9 Å². The predicted octanol–water partition coefficient (Wildman–Crippen LogP) is 2.97. The monoisotopic (exact) mass is 270 g/mol. The van der Waals surface area contributed by atoms with Gasteiger partial charge in [0.2, 0.25) is 0 Å². The van der Waals surface area contributed by atoms with Gasteiger partial charge in [0.05, 0.1) is 0 Å². The Labute approximate surface area is 116 Å². The van der Waals surface area contributed by atoms with Crippen LogP contribution in [0.25, 0.3) is 11.1 Å². The van der Waals surface area contributed by atoms with Gasteiger partial charge in [-0.05, 0) is 42.2 Å². The van der Waals surface area contributed by atoms with Crippen LogP contribution in [0, 0.1) is 5.82 Å². The van der Waals surface area contributed by atoms with E-state index >= 15 is 0 Å². The lowest BCUT2D eigenvalue weighted by Gasteiger charge is -2.18. The van der Waals surface area contributed by atoms with Crippen LogP contribution >= 0.6 is 0 Å². The summed E-state index contributed by atoms with van der Waals surface area (Å²) in [6.45, 7) is 0. The lowest BCUT2D eigenvalue weighted by molar-refractivity contribution is 0.0744. The summed E-state index contributed by atoms with van der Waals surface area (Å²) in [4.78, 5) is 12.4. The number of halogens is 1. The molecular formula is C16H15FN2O. The van der Waals surface area contributed by atoms with Crippen molar-refractivity contribution < 1.29 is 9.18 Å². The minimum Gasteiger partial charge on any atom is -0.273 e. The number of amides is 1. The first-order valence-corrected chi connectivity index (χ1v) is 6.60. The minimum absolute atomic E-state index is 0.156.